The first kappa shape index (κ1) is 15.7. The summed E-state index contributed by atoms with van der Waals surface area (Å²) in [7, 11) is 1.60. The van der Waals surface area contributed by atoms with Crippen molar-refractivity contribution in [3.63, 3.8) is 0 Å². The lowest BCUT2D eigenvalue weighted by molar-refractivity contribution is -0.115. The Labute approximate surface area is 148 Å². The number of aromatic nitrogens is 1. The molecule has 2 aromatic carbocycles. The van der Waals surface area contributed by atoms with Gasteiger partial charge in [-0.15, -0.1) is 0 Å². The van der Waals surface area contributed by atoms with Gasteiger partial charge in [0.15, 0.2) is 16.6 Å². The molecule has 0 radical (unpaired) electrons. The molecule has 0 atom stereocenters. The summed E-state index contributed by atoms with van der Waals surface area (Å²) in [5.41, 5.74) is 1.67. The predicted molar refractivity (Wildman–Crippen MR) is 95.9 cm³/mol. The van der Waals surface area contributed by atoms with Gasteiger partial charge in [0.2, 0.25) is 5.91 Å². The van der Waals surface area contributed by atoms with Crippen LogP contribution in [0.1, 0.15) is 5.56 Å². The van der Waals surface area contributed by atoms with Gasteiger partial charge >= 0.3 is 0 Å². The molecule has 1 aromatic heterocycles. The maximum absolute atomic E-state index is 12.3. The number of anilines is 1. The Morgan fingerprint density at radius 3 is 2.84 bits per heavy atom. The topological polar surface area (TPSA) is 69.7 Å². The van der Waals surface area contributed by atoms with Crippen molar-refractivity contribution in [1.82, 2.24) is 4.98 Å². The molecule has 6 nitrogen and oxygen atoms in total. The molecule has 3 aromatic rings. The third-order valence-corrected chi connectivity index (χ3v) is 4.73. The minimum absolute atomic E-state index is 0.121. The summed E-state index contributed by atoms with van der Waals surface area (Å²) in [6, 6.07) is 11.2. The third kappa shape index (κ3) is 3.36. The van der Waals surface area contributed by atoms with Crippen molar-refractivity contribution in [2.45, 2.75) is 6.42 Å². The first-order valence-corrected chi connectivity index (χ1v) is 8.66. The van der Waals surface area contributed by atoms with E-state index in [9.17, 15) is 4.79 Å². The number of hydrogen-bond acceptors (Lipinski definition) is 6. The van der Waals surface area contributed by atoms with E-state index < -0.39 is 0 Å². The molecule has 1 amide bonds. The highest BCUT2D eigenvalue weighted by Crippen LogP contribution is 2.37. The van der Waals surface area contributed by atoms with Crippen LogP contribution < -0.4 is 19.5 Å². The number of methoxy groups -OCH3 is 1. The number of nitrogens with one attached hydrogen (secondary N) is 1. The second-order valence-electron chi connectivity index (χ2n) is 5.56. The lowest BCUT2D eigenvalue weighted by Crippen LogP contribution is -2.15. The Morgan fingerprint density at radius 2 is 2.04 bits per heavy atom. The molecule has 0 spiro atoms. The lowest BCUT2D eigenvalue weighted by Gasteiger charge is -2.17. The Balaban J connectivity index is 1.50. The zero-order chi connectivity index (χ0) is 17.2. The van der Waals surface area contributed by atoms with E-state index in [4.69, 9.17) is 14.2 Å². The van der Waals surface area contributed by atoms with Crippen LogP contribution in [-0.4, -0.2) is 31.2 Å². The Morgan fingerprint density at radius 1 is 1.24 bits per heavy atom. The van der Waals surface area contributed by atoms with Gasteiger partial charge in [-0.3, -0.25) is 4.79 Å². The summed E-state index contributed by atoms with van der Waals surface area (Å²) < 4.78 is 17.3. The summed E-state index contributed by atoms with van der Waals surface area (Å²) in [6.07, 6.45) is 0.260. The fourth-order valence-electron chi connectivity index (χ4n) is 2.65. The lowest BCUT2D eigenvalue weighted by atomic mass is 10.1. The molecule has 0 saturated carbocycles. The van der Waals surface area contributed by atoms with Gasteiger partial charge in [-0.25, -0.2) is 4.98 Å². The molecule has 1 N–H and O–H groups in total. The summed E-state index contributed by atoms with van der Waals surface area (Å²) in [5, 5.41) is 3.41. The van der Waals surface area contributed by atoms with E-state index in [1.807, 2.05) is 36.4 Å². The quantitative estimate of drug-likeness (QED) is 0.777. The van der Waals surface area contributed by atoms with Crippen LogP contribution in [0.4, 0.5) is 5.13 Å². The van der Waals surface area contributed by atoms with Gasteiger partial charge in [-0.05, 0) is 17.7 Å². The first-order chi connectivity index (χ1) is 12.2. The number of carbonyl (C=O) groups is 1. The number of hydrogen-bond donors (Lipinski definition) is 1. The molecular weight excluding hydrogens is 340 g/mol. The van der Waals surface area contributed by atoms with Crippen molar-refractivity contribution in [3.05, 3.63) is 42.0 Å². The molecule has 0 aliphatic carbocycles. The maximum Gasteiger partial charge on any atom is 0.230 e. The Kier molecular flexibility index (Phi) is 4.15. The SMILES string of the molecule is COc1cccc(CC(=O)Nc2nc3cc4c(cc3s2)OCCO4)c1. The molecule has 0 fully saturated rings. The average Bonchev–Trinajstić information content (AvgIpc) is 3.00. The van der Waals surface area contributed by atoms with Gasteiger partial charge in [0.1, 0.15) is 19.0 Å². The van der Waals surface area contributed by atoms with E-state index in [1.165, 1.54) is 11.3 Å². The molecule has 2 heterocycles. The molecule has 25 heavy (non-hydrogen) atoms. The zero-order valence-electron chi connectivity index (χ0n) is 13.6. The summed E-state index contributed by atoms with van der Waals surface area (Å²) >= 11 is 1.41. The number of rotatable bonds is 4. The standard InChI is InChI=1S/C18H16N2O4S/c1-22-12-4-2-3-11(7-12)8-17(21)20-18-19-13-9-14-15(10-16(13)25-18)24-6-5-23-14/h2-4,7,9-10H,5-6,8H2,1H3,(H,19,20,21). The number of benzene rings is 2. The fourth-order valence-corrected chi connectivity index (χ4v) is 3.54. The Bertz CT molecular complexity index is 895. The minimum atomic E-state index is -0.121. The number of ether oxygens (including phenoxy) is 3. The number of fused-ring (bicyclic) bond motifs is 2. The van der Waals surface area contributed by atoms with Crippen LogP contribution in [0.5, 0.6) is 17.2 Å². The second kappa shape index (κ2) is 6.60. The monoisotopic (exact) mass is 356 g/mol. The second-order valence-corrected chi connectivity index (χ2v) is 6.59. The van der Waals surface area contributed by atoms with E-state index >= 15 is 0 Å². The average molecular weight is 356 g/mol. The van der Waals surface area contributed by atoms with Crippen LogP contribution in [0.15, 0.2) is 36.4 Å². The number of carbonyl (C=O) groups excluding carboxylic acids is 1. The van der Waals surface area contributed by atoms with Crippen LogP contribution in [0, 0.1) is 0 Å². The van der Waals surface area contributed by atoms with Crippen LogP contribution >= 0.6 is 11.3 Å². The van der Waals surface area contributed by atoms with Gasteiger partial charge in [0, 0.05) is 12.1 Å². The third-order valence-electron chi connectivity index (χ3n) is 3.80. The van der Waals surface area contributed by atoms with Gasteiger partial charge in [0.25, 0.3) is 0 Å². The molecule has 7 heteroatoms. The van der Waals surface area contributed by atoms with E-state index in [2.05, 4.69) is 10.3 Å². The van der Waals surface area contributed by atoms with Crippen molar-refractivity contribution in [2.75, 3.05) is 25.6 Å². The smallest absolute Gasteiger partial charge is 0.230 e. The van der Waals surface area contributed by atoms with E-state index in [1.54, 1.807) is 7.11 Å². The van der Waals surface area contributed by atoms with Gasteiger partial charge in [0.05, 0.1) is 23.7 Å². The van der Waals surface area contributed by atoms with E-state index in [-0.39, 0.29) is 12.3 Å². The van der Waals surface area contributed by atoms with E-state index in [0.29, 0.717) is 24.1 Å². The minimum Gasteiger partial charge on any atom is -0.497 e. The van der Waals surface area contributed by atoms with Crippen LogP contribution in [0.2, 0.25) is 0 Å². The van der Waals surface area contributed by atoms with Crippen molar-refractivity contribution in [2.24, 2.45) is 0 Å². The number of thiazole rings is 1. The van der Waals surface area contributed by atoms with Crippen LogP contribution in [0.3, 0.4) is 0 Å². The van der Waals surface area contributed by atoms with E-state index in [0.717, 1.165) is 27.3 Å². The van der Waals surface area contributed by atoms with Crippen LogP contribution in [0.25, 0.3) is 10.2 Å². The molecule has 0 bridgehead atoms. The predicted octanol–water partition coefficient (Wildman–Crippen LogP) is 3.26. The zero-order valence-corrected chi connectivity index (χ0v) is 14.4. The Hall–Kier alpha value is -2.80. The highest BCUT2D eigenvalue weighted by atomic mass is 32.1. The number of nitrogens with zero attached hydrogens (tertiary/aromatic N) is 1. The highest BCUT2D eigenvalue weighted by molar-refractivity contribution is 7.22. The van der Waals surface area contributed by atoms with Crippen molar-refractivity contribution in [1.29, 1.82) is 0 Å². The molecule has 4 rings (SSSR count). The highest BCUT2D eigenvalue weighted by Gasteiger charge is 2.16. The molecule has 128 valence electrons. The largest absolute Gasteiger partial charge is 0.497 e. The molecule has 1 aliphatic rings. The summed E-state index contributed by atoms with van der Waals surface area (Å²) in [5.74, 6) is 2.02. The molecule has 0 unspecified atom stereocenters. The normalized spacial score (nSPS) is 12.8. The van der Waals surface area contributed by atoms with Gasteiger partial charge in [-0.2, -0.15) is 0 Å². The molecule has 1 aliphatic heterocycles. The number of amides is 1. The van der Waals surface area contributed by atoms with Gasteiger partial charge < -0.3 is 19.5 Å². The van der Waals surface area contributed by atoms with Gasteiger partial charge in [-0.1, -0.05) is 23.5 Å². The first-order valence-electron chi connectivity index (χ1n) is 7.84. The maximum atomic E-state index is 12.3. The summed E-state index contributed by atoms with van der Waals surface area (Å²) in [4.78, 5) is 16.7. The molecule has 0 saturated heterocycles. The van der Waals surface area contributed by atoms with Crippen molar-refractivity contribution >= 4 is 32.6 Å². The summed E-state index contributed by atoms with van der Waals surface area (Å²) in [6.45, 7) is 1.08. The van der Waals surface area contributed by atoms with Crippen molar-refractivity contribution < 1.29 is 19.0 Å². The van der Waals surface area contributed by atoms with Crippen molar-refractivity contribution in [3.8, 4) is 17.2 Å². The van der Waals surface area contributed by atoms with Crippen LogP contribution in [-0.2, 0) is 11.2 Å². The fraction of sp³-hybridized carbons (Fsp3) is 0.222. The molecular formula is C18H16N2O4S.